The molecular formula is C12H19N3. The summed E-state index contributed by atoms with van der Waals surface area (Å²) >= 11 is 0. The first-order chi connectivity index (χ1) is 7.31. The van der Waals surface area contributed by atoms with Gasteiger partial charge in [-0.2, -0.15) is 0 Å². The average molecular weight is 205 g/mol. The summed E-state index contributed by atoms with van der Waals surface area (Å²) in [6.07, 6.45) is 4.57. The molecule has 82 valence electrons. The van der Waals surface area contributed by atoms with E-state index in [1.807, 2.05) is 6.20 Å². The second kappa shape index (κ2) is 4.62. The highest BCUT2D eigenvalue weighted by atomic mass is 15.1. The Morgan fingerprint density at radius 1 is 1.53 bits per heavy atom. The van der Waals surface area contributed by atoms with Crippen LogP contribution in [-0.2, 0) is 0 Å². The smallest absolute Gasteiger partial charge is 0.125 e. The molecule has 0 amide bonds. The lowest BCUT2D eigenvalue weighted by atomic mass is 10.1. The van der Waals surface area contributed by atoms with Crippen molar-refractivity contribution in [2.75, 3.05) is 25.5 Å². The van der Waals surface area contributed by atoms with Gasteiger partial charge in [0.1, 0.15) is 5.82 Å². The van der Waals surface area contributed by atoms with Crippen molar-refractivity contribution < 1.29 is 0 Å². The van der Waals surface area contributed by atoms with E-state index >= 15 is 0 Å². The Kier molecular flexibility index (Phi) is 3.21. The van der Waals surface area contributed by atoms with Crippen molar-refractivity contribution in [1.82, 2.24) is 9.88 Å². The lowest BCUT2D eigenvalue weighted by molar-refractivity contribution is 0.317. The summed E-state index contributed by atoms with van der Waals surface area (Å²) in [6, 6.07) is 4.84. The predicted molar refractivity (Wildman–Crippen MR) is 63.0 cm³/mol. The first-order valence-electron chi connectivity index (χ1n) is 5.71. The van der Waals surface area contributed by atoms with Gasteiger partial charge in [0.15, 0.2) is 0 Å². The predicted octanol–water partition coefficient (Wildman–Crippen LogP) is 2.28. The van der Waals surface area contributed by atoms with Crippen molar-refractivity contribution in [1.29, 1.82) is 0 Å². The van der Waals surface area contributed by atoms with Gasteiger partial charge in [-0.05, 0) is 45.0 Å². The van der Waals surface area contributed by atoms with Crippen molar-refractivity contribution in [3.05, 3.63) is 23.9 Å². The normalized spacial score (nSPS) is 21.9. The van der Waals surface area contributed by atoms with Gasteiger partial charge >= 0.3 is 0 Å². The van der Waals surface area contributed by atoms with Crippen molar-refractivity contribution in [2.45, 2.75) is 25.8 Å². The van der Waals surface area contributed by atoms with Crippen molar-refractivity contribution in [3.63, 3.8) is 0 Å². The van der Waals surface area contributed by atoms with Gasteiger partial charge in [-0.25, -0.2) is 4.98 Å². The SMILES string of the molecule is CCNc1ccc([C@H]2CCCN2C)cn1. The van der Waals surface area contributed by atoms with Crippen LogP contribution in [0, 0.1) is 0 Å². The molecule has 15 heavy (non-hydrogen) atoms. The van der Waals surface area contributed by atoms with Crippen molar-refractivity contribution >= 4 is 5.82 Å². The highest BCUT2D eigenvalue weighted by Crippen LogP contribution is 2.29. The quantitative estimate of drug-likeness (QED) is 0.820. The zero-order chi connectivity index (χ0) is 10.7. The van der Waals surface area contributed by atoms with E-state index in [4.69, 9.17) is 0 Å². The van der Waals surface area contributed by atoms with Crippen LogP contribution in [0.3, 0.4) is 0 Å². The molecule has 1 aromatic rings. The van der Waals surface area contributed by atoms with E-state index in [0.29, 0.717) is 6.04 Å². The fourth-order valence-corrected chi connectivity index (χ4v) is 2.22. The Hall–Kier alpha value is -1.09. The maximum atomic E-state index is 4.41. The number of anilines is 1. The third-order valence-corrected chi connectivity index (χ3v) is 3.05. The molecule has 0 unspecified atom stereocenters. The molecule has 0 bridgehead atoms. The highest BCUT2D eigenvalue weighted by molar-refractivity contribution is 5.36. The molecule has 1 N–H and O–H groups in total. The summed E-state index contributed by atoms with van der Waals surface area (Å²) in [4.78, 5) is 6.82. The molecule has 1 fully saturated rings. The standard InChI is InChI=1S/C12H19N3/c1-3-13-12-7-6-10(9-14-12)11-5-4-8-15(11)2/h6-7,9,11H,3-5,8H2,1-2H3,(H,13,14)/t11-/m1/s1. The van der Waals surface area contributed by atoms with E-state index in [0.717, 1.165) is 12.4 Å². The Balaban J connectivity index is 2.09. The molecule has 3 heteroatoms. The van der Waals surface area contributed by atoms with Crippen LogP contribution < -0.4 is 5.32 Å². The van der Waals surface area contributed by atoms with Crippen LogP contribution in [0.5, 0.6) is 0 Å². The minimum absolute atomic E-state index is 0.577. The monoisotopic (exact) mass is 205 g/mol. The summed E-state index contributed by atoms with van der Waals surface area (Å²) in [5.41, 5.74) is 1.34. The van der Waals surface area contributed by atoms with Crippen LogP contribution in [0.4, 0.5) is 5.82 Å². The molecule has 1 atom stereocenters. The number of pyridine rings is 1. The van der Waals surface area contributed by atoms with Crippen LogP contribution in [0.1, 0.15) is 31.4 Å². The molecule has 1 saturated heterocycles. The molecule has 3 nitrogen and oxygen atoms in total. The van der Waals surface area contributed by atoms with Gasteiger partial charge in [-0.15, -0.1) is 0 Å². The summed E-state index contributed by atoms with van der Waals surface area (Å²) < 4.78 is 0. The molecule has 0 aromatic carbocycles. The molecule has 0 spiro atoms. The van der Waals surface area contributed by atoms with Gasteiger partial charge in [0.2, 0.25) is 0 Å². The number of hydrogen-bond donors (Lipinski definition) is 1. The van der Waals surface area contributed by atoms with Gasteiger partial charge in [-0.3, -0.25) is 4.90 Å². The van der Waals surface area contributed by atoms with Gasteiger partial charge in [-0.1, -0.05) is 6.07 Å². The summed E-state index contributed by atoms with van der Waals surface area (Å²) in [5.74, 6) is 0.974. The second-order valence-electron chi connectivity index (χ2n) is 4.15. The largest absolute Gasteiger partial charge is 0.370 e. The lowest BCUT2D eigenvalue weighted by Crippen LogP contribution is -2.17. The minimum atomic E-state index is 0.577. The molecule has 2 heterocycles. The first-order valence-corrected chi connectivity index (χ1v) is 5.71. The van der Waals surface area contributed by atoms with Gasteiger partial charge in [0, 0.05) is 18.8 Å². The zero-order valence-electron chi connectivity index (χ0n) is 9.53. The number of hydrogen-bond acceptors (Lipinski definition) is 3. The van der Waals surface area contributed by atoms with Crippen molar-refractivity contribution in [3.8, 4) is 0 Å². The van der Waals surface area contributed by atoms with E-state index in [1.165, 1.54) is 24.9 Å². The maximum absolute atomic E-state index is 4.41. The number of nitrogens with zero attached hydrogens (tertiary/aromatic N) is 2. The summed E-state index contributed by atoms with van der Waals surface area (Å²) in [5, 5.41) is 3.21. The third kappa shape index (κ3) is 2.29. The van der Waals surface area contributed by atoms with Crippen LogP contribution in [0.15, 0.2) is 18.3 Å². The molecule has 1 aliphatic heterocycles. The summed E-state index contributed by atoms with van der Waals surface area (Å²) in [7, 11) is 2.19. The maximum Gasteiger partial charge on any atom is 0.125 e. The van der Waals surface area contributed by atoms with Crippen LogP contribution in [0.25, 0.3) is 0 Å². The van der Waals surface area contributed by atoms with Crippen molar-refractivity contribution in [2.24, 2.45) is 0 Å². The number of aromatic nitrogens is 1. The Labute approximate surface area is 91.5 Å². The van der Waals surface area contributed by atoms with E-state index in [1.54, 1.807) is 0 Å². The van der Waals surface area contributed by atoms with Crippen LogP contribution >= 0.6 is 0 Å². The Bertz CT molecular complexity index is 307. The molecule has 2 rings (SSSR count). The highest BCUT2D eigenvalue weighted by Gasteiger charge is 2.22. The molecule has 1 aliphatic rings. The average Bonchev–Trinajstić information content (AvgIpc) is 2.66. The van der Waals surface area contributed by atoms with Crippen LogP contribution in [0.2, 0.25) is 0 Å². The first kappa shape index (κ1) is 10.4. The molecule has 1 aromatic heterocycles. The second-order valence-corrected chi connectivity index (χ2v) is 4.15. The number of nitrogens with one attached hydrogen (secondary N) is 1. The van der Waals surface area contributed by atoms with Gasteiger partial charge < -0.3 is 5.32 Å². The molecule has 0 radical (unpaired) electrons. The zero-order valence-corrected chi connectivity index (χ0v) is 9.53. The van der Waals surface area contributed by atoms with E-state index in [-0.39, 0.29) is 0 Å². The van der Waals surface area contributed by atoms with E-state index < -0.39 is 0 Å². The van der Waals surface area contributed by atoms with Gasteiger partial charge in [0.05, 0.1) is 0 Å². The third-order valence-electron chi connectivity index (χ3n) is 3.05. The van der Waals surface area contributed by atoms with Crippen LogP contribution in [-0.4, -0.2) is 30.0 Å². The Morgan fingerprint density at radius 3 is 2.93 bits per heavy atom. The van der Waals surface area contributed by atoms with Gasteiger partial charge in [0.25, 0.3) is 0 Å². The van der Waals surface area contributed by atoms with E-state index in [9.17, 15) is 0 Å². The topological polar surface area (TPSA) is 28.2 Å². The lowest BCUT2D eigenvalue weighted by Gasteiger charge is -2.19. The Morgan fingerprint density at radius 2 is 2.40 bits per heavy atom. The fraction of sp³-hybridized carbons (Fsp3) is 0.583. The minimum Gasteiger partial charge on any atom is -0.370 e. The summed E-state index contributed by atoms with van der Waals surface area (Å²) in [6.45, 7) is 4.22. The number of likely N-dealkylation sites (tertiary alicyclic amines) is 1. The number of rotatable bonds is 3. The molecular weight excluding hydrogens is 186 g/mol. The molecule has 0 saturated carbocycles. The van der Waals surface area contributed by atoms with E-state index in [2.05, 4.69) is 41.3 Å². The fourth-order valence-electron chi connectivity index (χ4n) is 2.22. The molecule has 0 aliphatic carbocycles.